The van der Waals surface area contributed by atoms with Crippen molar-refractivity contribution in [2.24, 2.45) is 0 Å². The highest BCUT2D eigenvalue weighted by Crippen LogP contribution is 2.45. The number of nitrogens with two attached hydrogens (primary N) is 1. The van der Waals surface area contributed by atoms with Gasteiger partial charge in [-0.3, -0.25) is 0 Å². The van der Waals surface area contributed by atoms with Gasteiger partial charge in [-0.1, -0.05) is 0 Å². The number of hydrogen-bond donors (Lipinski definition) is 2. The van der Waals surface area contributed by atoms with E-state index < -0.39 is 24.1 Å². The number of rotatable bonds is 1. The molecular formula is C9H6F6N4. The number of fused-ring (bicyclic) bond motifs is 1. The molecule has 0 saturated heterocycles. The lowest BCUT2D eigenvalue weighted by molar-refractivity contribution is -0.255. The van der Waals surface area contributed by atoms with Gasteiger partial charge in [-0.25, -0.2) is 9.97 Å². The van der Waals surface area contributed by atoms with Crippen LogP contribution in [0.25, 0.3) is 11.2 Å². The summed E-state index contributed by atoms with van der Waals surface area (Å²) >= 11 is 0. The lowest BCUT2D eigenvalue weighted by Gasteiger charge is -2.20. The first-order valence-corrected chi connectivity index (χ1v) is 4.84. The number of nitrogens with one attached hydrogen (secondary N) is 1. The third kappa shape index (κ3) is 2.56. The van der Waals surface area contributed by atoms with Crippen molar-refractivity contribution in [2.75, 3.05) is 5.73 Å². The molecular weight excluding hydrogens is 278 g/mol. The topological polar surface area (TPSA) is 67.6 Å². The summed E-state index contributed by atoms with van der Waals surface area (Å²) in [5, 5.41) is 0. The second-order valence-corrected chi connectivity index (χ2v) is 3.75. The molecule has 0 saturated carbocycles. The first kappa shape index (κ1) is 13.4. The molecule has 2 rings (SSSR count). The molecule has 10 heteroatoms. The average molecular weight is 284 g/mol. The summed E-state index contributed by atoms with van der Waals surface area (Å²) in [6.07, 6.45) is -11.0. The van der Waals surface area contributed by atoms with E-state index in [1.165, 1.54) is 12.1 Å². The number of hydrogen-bond acceptors (Lipinski definition) is 3. The molecule has 19 heavy (non-hydrogen) atoms. The number of aromatic amines is 1. The van der Waals surface area contributed by atoms with Crippen LogP contribution in [0, 0.1) is 0 Å². The lowest BCUT2D eigenvalue weighted by Crippen LogP contribution is -2.34. The van der Waals surface area contributed by atoms with Gasteiger partial charge in [0.2, 0.25) is 5.92 Å². The molecule has 0 bridgehead atoms. The molecule has 0 aliphatic heterocycles. The number of halogens is 6. The largest absolute Gasteiger partial charge is 0.407 e. The third-order valence-corrected chi connectivity index (χ3v) is 2.31. The van der Waals surface area contributed by atoms with Gasteiger partial charge in [-0.15, -0.1) is 0 Å². The predicted molar refractivity (Wildman–Crippen MR) is 53.2 cm³/mol. The number of imidazole rings is 1. The van der Waals surface area contributed by atoms with E-state index in [1.54, 1.807) is 0 Å². The SMILES string of the molecule is Nc1ccc2[nH]c(C(C(F)(F)F)C(F)(F)F)nc2n1. The lowest BCUT2D eigenvalue weighted by atomic mass is 10.1. The number of nitrogen functional groups attached to an aromatic ring is 1. The molecule has 0 unspecified atom stereocenters. The fourth-order valence-electron chi connectivity index (χ4n) is 1.56. The summed E-state index contributed by atoms with van der Waals surface area (Å²) < 4.78 is 74.9. The number of alkyl halides is 6. The quantitative estimate of drug-likeness (QED) is 0.791. The van der Waals surface area contributed by atoms with Crippen LogP contribution < -0.4 is 5.73 Å². The third-order valence-electron chi connectivity index (χ3n) is 2.31. The second kappa shape index (κ2) is 4.00. The zero-order valence-corrected chi connectivity index (χ0v) is 8.97. The second-order valence-electron chi connectivity index (χ2n) is 3.75. The molecule has 2 aromatic heterocycles. The zero-order chi connectivity index (χ0) is 14.4. The van der Waals surface area contributed by atoms with Crippen molar-refractivity contribution in [3.8, 4) is 0 Å². The Morgan fingerprint density at radius 3 is 2.11 bits per heavy atom. The highest BCUT2D eigenvalue weighted by molar-refractivity contribution is 5.72. The molecule has 104 valence electrons. The Balaban J connectivity index is 2.57. The highest BCUT2D eigenvalue weighted by atomic mass is 19.4. The van der Waals surface area contributed by atoms with Crippen molar-refractivity contribution in [1.82, 2.24) is 15.0 Å². The molecule has 0 aromatic carbocycles. The maximum atomic E-state index is 12.5. The molecule has 0 aliphatic carbocycles. The van der Waals surface area contributed by atoms with E-state index >= 15 is 0 Å². The molecule has 2 aromatic rings. The molecule has 0 aliphatic rings. The summed E-state index contributed by atoms with van der Waals surface area (Å²) in [4.78, 5) is 8.73. The Labute approximate surface area is 101 Å². The summed E-state index contributed by atoms with van der Waals surface area (Å²) in [6.45, 7) is 0. The van der Waals surface area contributed by atoms with Gasteiger partial charge in [-0.2, -0.15) is 26.3 Å². The summed E-state index contributed by atoms with van der Waals surface area (Å²) in [5.41, 5.74) is 4.92. The predicted octanol–water partition coefficient (Wildman–Crippen LogP) is 2.75. The van der Waals surface area contributed by atoms with Crippen LogP contribution in [0.15, 0.2) is 12.1 Å². The Kier molecular flexibility index (Phi) is 2.83. The number of aromatic nitrogens is 3. The van der Waals surface area contributed by atoms with Gasteiger partial charge in [0.05, 0.1) is 5.52 Å². The van der Waals surface area contributed by atoms with Crippen molar-refractivity contribution in [3.63, 3.8) is 0 Å². The van der Waals surface area contributed by atoms with Crippen LogP contribution in [0.3, 0.4) is 0 Å². The summed E-state index contributed by atoms with van der Waals surface area (Å²) in [6, 6.07) is 2.44. The number of nitrogens with zero attached hydrogens (tertiary/aromatic N) is 2. The van der Waals surface area contributed by atoms with Crippen LogP contribution in [-0.2, 0) is 0 Å². The fraction of sp³-hybridized carbons (Fsp3) is 0.333. The van der Waals surface area contributed by atoms with E-state index in [1.807, 2.05) is 4.98 Å². The monoisotopic (exact) mass is 284 g/mol. The van der Waals surface area contributed by atoms with Crippen molar-refractivity contribution in [1.29, 1.82) is 0 Å². The molecule has 2 heterocycles. The van der Waals surface area contributed by atoms with Crippen LogP contribution in [0.4, 0.5) is 32.2 Å². The molecule has 4 nitrogen and oxygen atoms in total. The Morgan fingerprint density at radius 1 is 1.00 bits per heavy atom. The minimum atomic E-state index is -5.50. The van der Waals surface area contributed by atoms with Crippen molar-refractivity contribution >= 4 is 17.0 Å². The minimum absolute atomic E-state index is 0.0531. The van der Waals surface area contributed by atoms with Gasteiger partial charge in [0.25, 0.3) is 0 Å². The highest BCUT2D eigenvalue weighted by Gasteiger charge is 2.59. The van der Waals surface area contributed by atoms with E-state index in [0.717, 1.165) is 0 Å². The van der Waals surface area contributed by atoms with Crippen LogP contribution >= 0.6 is 0 Å². The van der Waals surface area contributed by atoms with Crippen molar-refractivity contribution in [3.05, 3.63) is 18.0 Å². The maximum absolute atomic E-state index is 12.5. The van der Waals surface area contributed by atoms with Gasteiger partial charge in [-0.05, 0) is 12.1 Å². The van der Waals surface area contributed by atoms with Crippen LogP contribution in [0.2, 0.25) is 0 Å². The molecule has 0 atom stereocenters. The molecule has 0 radical (unpaired) electrons. The first-order chi connectivity index (χ1) is 8.59. The number of pyridine rings is 1. The van der Waals surface area contributed by atoms with Gasteiger partial charge in [0.15, 0.2) is 5.65 Å². The molecule has 0 amide bonds. The van der Waals surface area contributed by atoms with Crippen molar-refractivity contribution < 1.29 is 26.3 Å². The van der Waals surface area contributed by atoms with E-state index in [2.05, 4.69) is 9.97 Å². The van der Waals surface area contributed by atoms with Crippen LogP contribution in [-0.4, -0.2) is 27.3 Å². The maximum Gasteiger partial charge on any atom is 0.407 e. The first-order valence-electron chi connectivity index (χ1n) is 4.84. The Hall–Kier alpha value is -2.00. The van der Waals surface area contributed by atoms with Crippen molar-refractivity contribution in [2.45, 2.75) is 18.3 Å². The minimum Gasteiger partial charge on any atom is -0.384 e. The smallest absolute Gasteiger partial charge is 0.384 e. The molecule has 0 spiro atoms. The Morgan fingerprint density at radius 2 is 1.58 bits per heavy atom. The Bertz CT molecular complexity index is 585. The van der Waals surface area contributed by atoms with Gasteiger partial charge in [0.1, 0.15) is 11.6 Å². The summed E-state index contributed by atoms with van der Waals surface area (Å²) in [5.74, 6) is -5.00. The normalized spacial score (nSPS) is 13.4. The van der Waals surface area contributed by atoms with Crippen LogP contribution in [0.5, 0.6) is 0 Å². The zero-order valence-electron chi connectivity index (χ0n) is 8.97. The number of anilines is 1. The van der Waals surface area contributed by atoms with E-state index in [4.69, 9.17) is 5.73 Å². The summed E-state index contributed by atoms with van der Waals surface area (Å²) in [7, 11) is 0. The number of H-pyrrole nitrogens is 1. The van der Waals surface area contributed by atoms with E-state index in [9.17, 15) is 26.3 Å². The van der Waals surface area contributed by atoms with Gasteiger partial charge < -0.3 is 10.7 Å². The standard InChI is InChI=1S/C9H6F6N4/c10-8(11,12)5(9(13,14)15)7-17-3-1-2-4(16)18-6(3)19-7/h1-2,5H,(H3,16,17,18,19). The molecule has 3 N–H and O–H groups in total. The van der Waals surface area contributed by atoms with E-state index in [0.29, 0.717) is 0 Å². The molecule has 0 fully saturated rings. The van der Waals surface area contributed by atoms with Crippen LogP contribution in [0.1, 0.15) is 11.7 Å². The van der Waals surface area contributed by atoms with Gasteiger partial charge in [0, 0.05) is 0 Å². The van der Waals surface area contributed by atoms with Gasteiger partial charge >= 0.3 is 12.4 Å². The average Bonchev–Trinajstić information content (AvgIpc) is 2.54. The van der Waals surface area contributed by atoms with E-state index in [-0.39, 0.29) is 17.0 Å². The fourth-order valence-corrected chi connectivity index (χ4v) is 1.56.